The third kappa shape index (κ3) is 4.03. The fourth-order valence-corrected chi connectivity index (χ4v) is 2.45. The van der Waals surface area contributed by atoms with E-state index in [-0.39, 0.29) is 23.8 Å². The summed E-state index contributed by atoms with van der Waals surface area (Å²) in [6.07, 6.45) is 0. The Morgan fingerprint density at radius 2 is 1.68 bits per heavy atom. The van der Waals surface area contributed by atoms with Crippen molar-refractivity contribution in [3.8, 4) is 5.75 Å². The zero-order valence-electron chi connectivity index (χ0n) is 10.8. The van der Waals surface area contributed by atoms with Gasteiger partial charge in [-0.2, -0.15) is 0 Å². The van der Waals surface area contributed by atoms with Gasteiger partial charge in [0.25, 0.3) is 0 Å². The van der Waals surface area contributed by atoms with Crippen LogP contribution in [0.4, 0.5) is 5.69 Å². The zero-order valence-corrected chi connectivity index (χ0v) is 11.6. The minimum absolute atomic E-state index is 0. The van der Waals surface area contributed by atoms with Crippen molar-refractivity contribution in [3.05, 3.63) is 59.3 Å². The average Bonchev–Trinajstić information content (AvgIpc) is 2.39. The van der Waals surface area contributed by atoms with Gasteiger partial charge in [0.2, 0.25) is 0 Å². The molecular formula is C13H12LiNO3S. The van der Waals surface area contributed by atoms with Crippen LogP contribution in [0.15, 0.2) is 59.5 Å². The second-order valence-electron chi connectivity index (χ2n) is 3.58. The van der Waals surface area contributed by atoms with Crippen LogP contribution in [0.5, 0.6) is 5.75 Å². The molecule has 4 nitrogen and oxygen atoms in total. The number of sulfonamides is 1. The van der Waals surface area contributed by atoms with Crippen LogP contribution < -0.4 is 23.6 Å². The monoisotopic (exact) mass is 269 g/mol. The molecule has 6 heteroatoms. The number of methoxy groups -OCH3 is 1. The van der Waals surface area contributed by atoms with Crippen molar-refractivity contribution in [2.75, 3.05) is 7.11 Å². The maximum Gasteiger partial charge on any atom is 1.00 e. The SMILES string of the molecule is COc1cccc([N-]S(=O)(=O)c2ccccc2)c1.[Li+]. The Balaban J connectivity index is 0.00000180. The van der Waals surface area contributed by atoms with Crippen molar-refractivity contribution < 1.29 is 32.0 Å². The Bertz CT molecular complexity index is 629. The van der Waals surface area contributed by atoms with E-state index in [1.807, 2.05) is 0 Å². The Hall–Kier alpha value is -1.41. The van der Waals surface area contributed by atoms with Crippen molar-refractivity contribution in [1.82, 2.24) is 0 Å². The number of ether oxygens (including phenoxy) is 1. The standard InChI is InChI=1S/C13H12NO3S.Li/c1-17-12-7-5-6-11(10-12)14-18(15,16)13-8-3-2-4-9-13;/h2-10H,1H3;/q-1;+1. The number of rotatable bonds is 4. The molecule has 19 heavy (non-hydrogen) atoms. The smallest absolute Gasteiger partial charge is 0.573 e. The van der Waals surface area contributed by atoms with Gasteiger partial charge in [0.15, 0.2) is 0 Å². The Labute approximate surface area is 125 Å². The Kier molecular flexibility index (Phi) is 5.49. The number of nitrogens with zero attached hydrogens (tertiary/aromatic N) is 1. The molecule has 94 valence electrons. The van der Waals surface area contributed by atoms with Gasteiger partial charge in [0, 0.05) is 0 Å². The van der Waals surface area contributed by atoms with E-state index in [4.69, 9.17) is 4.74 Å². The molecule has 0 aromatic heterocycles. The molecule has 2 aromatic rings. The topological polar surface area (TPSA) is 57.5 Å². The fraction of sp³-hybridized carbons (Fsp3) is 0.0769. The van der Waals surface area contributed by atoms with E-state index in [0.29, 0.717) is 11.4 Å². The molecule has 0 aliphatic carbocycles. The van der Waals surface area contributed by atoms with Gasteiger partial charge >= 0.3 is 18.9 Å². The predicted octanol–water partition coefficient (Wildman–Crippen LogP) is 0.0933. The van der Waals surface area contributed by atoms with E-state index in [2.05, 4.69) is 4.72 Å². The van der Waals surface area contributed by atoms with Crippen molar-refractivity contribution in [2.24, 2.45) is 0 Å². The van der Waals surface area contributed by atoms with Crippen LogP contribution in [-0.2, 0) is 10.0 Å². The van der Waals surface area contributed by atoms with Gasteiger partial charge in [-0.15, -0.1) is 5.69 Å². The molecule has 0 radical (unpaired) electrons. The minimum atomic E-state index is -3.67. The van der Waals surface area contributed by atoms with Crippen LogP contribution in [-0.4, -0.2) is 15.5 Å². The van der Waals surface area contributed by atoms with Crippen LogP contribution in [0, 0.1) is 0 Å². The van der Waals surface area contributed by atoms with Gasteiger partial charge in [-0.1, -0.05) is 30.3 Å². The maximum atomic E-state index is 12.0. The largest absolute Gasteiger partial charge is 1.00 e. The third-order valence-electron chi connectivity index (χ3n) is 2.32. The first-order valence-corrected chi connectivity index (χ1v) is 6.73. The molecule has 2 rings (SSSR count). The molecular weight excluding hydrogens is 257 g/mol. The van der Waals surface area contributed by atoms with Crippen molar-refractivity contribution >= 4 is 15.7 Å². The summed E-state index contributed by atoms with van der Waals surface area (Å²) in [5, 5.41) is 0. The van der Waals surface area contributed by atoms with Crippen LogP contribution in [0.1, 0.15) is 0 Å². The third-order valence-corrected chi connectivity index (χ3v) is 3.64. The molecule has 0 saturated heterocycles. The fourth-order valence-electron chi connectivity index (χ4n) is 1.45. The zero-order chi connectivity index (χ0) is 13.0. The molecule has 0 fully saturated rings. The summed E-state index contributed by atoms with van der Waals surface area (Å²) < 4.78 is 32.8. The normalized spacial score (nSPS) is 10.4. The van der Waals surface area contributed by atoms with E-state index in [0.717, 1.165) is 0 Å². The molecule has 0 aliphatic rings. The summed E-state index contributed by atoms with van der Waals surface area (Å²) in [7, 11) is -2.15. The van der Waals surface area contributed by atoms with Crippen LogP contribution >= 0.6 is 0 Å². The van der Waals surface area contributed by atoms with E-state index >= 15 is 0 Å². The molecule has 0 spiro atoms. The summed E-state index contributed by atoms with van der Waals surface area (Å²) >= 11 is 0. The first-order valence-electron chi connectivity index (χ1n) is 5.29. The van der Waals surface area contributed by atoms with Gasteiger partial charge < -0.3 is 9.46 Å². The Morgan fingerprint density at radius 3 is 2.32 bits per heavy atom. The summed E-state index contributed by atoms with van der Waals surface area (Å²) in [6.45, 7) is 0. The number of benzene rings is 2. The average molecular weight is 269 g/mol. The first kappa shape index (κ1) is 15.6. The molecule has 2 aromatic carbocycles. The molecule has 0 aliphatic heterocycles. The first-order chi connectivity index (χ1) is 8.62. The second-order valence-corrected chi connectivity index (χ2v) is 5.18. The van der Waals surface area contributed by atoms with Crippen LogP contribution in [0.25, 0.3) is 4.72 Å². The number of hydrogen-bond donors (Lipinski definition) is 0. The van der Waals surface area contributed by atoms with Crippen LogP contribution in [0.2, 0.25) is 0 Å². The Morgan fingerprint density at radius 1 is 1.00 bits per heavy atom. The van der Waals surface area contributed by atoms with Crippen molar-refractivity contribution in [2.45, 2.75) is 4.90 Å². The molecule has 0 atom stereocenters. The van der Waals surface area contributed by atoms with Gasteiger partial charge in [0.1, 0.15) is 15.8 Å². The van der Waals surface area contributed by atoms with Crippen molar-refractivity contribution in [3.63, 3.8) is 0 Å². The van der Waals surface area contributed by atoms with E-state index in [1.54, 1.807) is 42.5 Å². The van der Waals surface area contributed by atoms with Gasteiger partial charge in [-0.3, -0.25) is 0 Å². The van der Waals surface area contributed by atoms with E-state index in [9.17, 15) is 8.42 Å². The second kappa shape index (κ2) is 6.67. The van der Waals surface area contributed by atoms with Gasteiger partial charge in [-0.25, -0.2) is 8.42 Å². The summed E-state index contributed by atoms with van der Waals surface area (Å²) in [6, 6.07) is 14.7. The minimum Gasteiger partial charge on any atom is -0.573 e. The predicted molar refractivity (Wildman–Crippen MR) is 69.6 cm³/mol. The van der Waals surface area contributed by atoms with Crippen LogP contribution in [0.3, 0.4) is 0 Å². The van der Waals surface area contributed by atoms with E-state index in [1.165, 1.54) is 19.2 Å². The van der Waals surface area contributed by atoms with Crippen molar-refractivity contribution in [1.29, 1.82) is 0 Å². The van der Waals surface area contributed by atoms with E-state index < -0.39 is 10.0 Å². The molecule has 0 bridgehead atoms. The van der Waals surface area contributed by atoms with Gasteiger partial charge in [-0.05, 0) is 24.3 Å². The molecule has 0 saturated carbocycles. The summed E-state index contributed by atoms with van der Waals surface area (Å²) in [5.41, 5.74) is 0.346. The molecule has 0 unspecified atom stereocenters. The summed E-state index contributed by atoms with van der Waals surface area (Å²) in [4.78, 5) is 0.174. The quantitative estimate of drug-likeness (QED) is 0.739. The summed E-state index contributed by atoms with van der Waals surface area (Å²) in [5.74, 6) is 0.569. The molecule has 0 heterocycles. The molecule has 0 N–H and O–H groups in total. The number of hydrogen-bond acceptors (Lipinski definition) is 3. The molecule has 0 amide bonds. The van der Waals surface area contributed by atoms with Gasteiger partial charge in [0.05, 0.1) is 12.0 Å². The maximum absolute atomic E-state index is 12.0.